The largest absolute Gasteiger partial charge is 0.351 e. The fourth-order valence-corrected chi connectivity index (χ4v) is 3.55. The Morgan fingerprint density at radius 3 is 1.50 bits per heavy atom. The lowest BCUT2D eigenvalue weighted by Crippen LogP contribution is -2.29. The van der Waals surface area contributed by atoms with E-state index in [1.165, 1.54) is 0 Å². The Labute approximate surface area is 185 Å². The highest BCUT2D eigenvalue weighted by Crippen LogP contribution is 2.27. The molecule has 0 aliphatic rings. The molecule has 0 radical (unpaired) electrons. The van der Waals surface area contributed by atoms with Crippen LogP contribution in [0, 0.1) is 0 Å². The van der Waals surface area contributed by atoms with E-state index in [4.69, 9.17) is 21.4 Å². The van der Waals surface area contributed by atoms with Gasteiger partial charge in [0, 0.05) is 37.0 Å². The van der Waals surface area contributed by atoms with E-state index in [2.05, 4.69) is 10.6 Å². The number of aromatic nitrogens is 2. The number of pyridine rings is 2. The maximum absolute atomic E-state index is 12.8. The summed E-state index contributed by atoms with van der Waals surface area (Å²) in [6.45, 7) is 1.42. The van der Waals surface area contributed by atoms with Crippen molar-refractivity contribution in [2.45, 2.75) is 0 Å². The van der Waals surface area contributed by atoms with Gasteiger partial charge in [0.2, 0.25) is 0 Å². The first-order chi connectivity index (χ1) is 15.6. The van der Waals surface area contributed by atoms with Crippen LogP contribution in [0.1, 0.15) is 20.7 Å². The van der Waals surface area contributed by atoms with E-state index in [1.807, 2.05) is 48.5 Å². The second kappa shape index (κ2) is 9.51. The number of fused-ring (bicyclic) bond motifs is 2. The number of rotatable bonds is 7. The van der Waals surface area contributed by atoms with Gasteiger partial charge in [-0.15, -0.1) is 0 Å². The molecule has 0 bridgehead atoms. The fourth-order valence-electron chi connectivity index (χ4n) is 3.55. The minimum absolute atomic E-state index is 0.239. The van der Waals surface area contributed by atoms with Crippen molar-refractivity contribution in [1.82, 2.24) is 20.6 Å². The predicted molar refractivity (Wildman–Crippen MR) is 125 cm³/mol. The van der Waals surface area contributed by atoms with Gasteiger partial charge in [0.25, 0.3) is 11.8 Å². The van der Waals surface area contributed by atoms with Crippen molar-refractivity contribution in [1.29, 1.82) is 0 Å². The summed E-state index contributed by atoms with van der Waals surface area (Å²) in [5.41, 5.74) is 14.3. The molecule has 0 atom stereocenters. The standard InChI is InChI=1S/C24H24N6O2/c25-9-11-27-23(31)17-13-21(29-19-7-3-1-5-15(17)19)22-14-18(24(32)28-12-10-26)16-6-2-4-8-20(16)30-22/h1-8,13-14H,9-12,25-26H2,(H,27,31)(H,28,32). The van der Waals surface area contributed by atoms with E-state index in [0.29, 0.717) is 59.7 Å². The van der Waals surface area contributed by atoms with Gasteiger partial charge in [-0.1, -0.05) is 36.4 Å². The highest BCUT2D eigenvalue weighted by molar-refractivity contribution is 6.09. The number of hydrogen-bond donors (Lipinski definition) is 4. The van der Waals surface area contributed by atoms with Crippen LogP contribution in [0.15, 0.2) is 60.7 Å². The number of carbonyl (C=O) groups excluding carboxylic acids is 2. The Balaban J connectivity index is 1.89. The zero-order valence-electron chi connectivity index (χ0n) is 17.5. The quantitative estimate of drug-likeness (QED) is 0.355. The number of para-hydroxylation sites is 2. The molecular formula is C24H24N6O2. The maximum Gasteiger partial charge on any atom is 0.252 e. The third kappa shape index (κ3) is 4.27. The molecular weight excluding hydrogens is 404 g/mol. The van der Waals surface area contributed by atoms with Gasteiger partial charge in [-0.3, -0.25) is 9.59 Å². The highest BCUT2D eigenvalue weighted by atomic mass is 16.2. The smallest absolute Gasteiger partial charge is 0.252 e. The molecule has 0 aliphatic heterocycles. The van der Waals surface area contributed by atoms with Gasteiger partial charge in [-0.2, -0.15) is 0 Å². The molecule has 0 saturated heterocycles. The Bertz CT molecular complexity index is 1200. The molecule has 2 amide bonds. The highest BCUT2D eigenvalue weighted by Gasteiger charge is 2.17. The van der Waals surface area contributed by atoms with Crippen LogP contribution >= 0.6 is 0 Å². The number of hydrogen-bond acceptors (Lipinski definition) is 6. The number of nitrogens with two attached hydrogens (primary N) is 2. The molecule has 0 fully saturated rings. The summed E-state index contributed by atoms with van der Waals surface area (Å²) in [6.07, 6.45) is 0. The Morgan fingerprint density at radius 2 is 1.09 bits per heavy atom. The van der Waals surface area contributed by atoms with Gasteiger partial charge in [-0.05, 0) is 24.3 Å². The van der Waals surface area contributed by atoms with Crippen molar-refractivity contribution in [2.75, 3.05) is 26.2 Å². The lowest BCUT2D eigenvalue weighted by molar-refractivity contribution is 0.0948. The SMILES string of the molecule is NCCNC(=O)c1cc(-c2cc(C(=O)NCCN)c3ccccc3n2)nc2ccccc12. The molecule has 32 heavy (non-hydrogen) atoms. The average Bonchev–Trinajstić information content (AvgIpc) is 2.84. The Kier molecular flexibility index (Phi) is 6.34. The second-order valence-corrected chi connectivity index (χ2v) is 7.23. The molecule has 2 aromatic heterocycles. The molecule has 2 aromatic carbocycles. The molecule has 0 aliphatic carbocycles. The van der Waals surface area contributed by atoms with E-state index in [0.717, 1.165) is 10.8 Å². The van der Waals surface area contributed by atoms with Crippen LogP contribution in [0.25, 0.3) is 33.2 Å². The van der Waals surface area contributed by atoms with Crippen LogP contribution in [0.2, 0.25) is 0 Å². The molecule has 0 saturated carbocycles. The number of amides is 2. The van der Waals surface area contributed by atoms with Gasteiger partial charge >= 0.3 is 0 Å². The summed E-state index contributed by atoms with van der Waals surface area (Å²) in [5.74, 6) is -0.478. The first-order valence-corrected chi connectivity index (χ1v) is 10.4. The molecule has 2 heterocycles. The number of nitrogens with one attached hydrogen (secondary N) is 2. The molecule has 4 aromatic rings. The molecule has 4 rings (SSSR count). The molecule has 8 nitrogen and oxygen atoms in total. The number of nitrogens with zero attached hydrogens (tertiary/aromatic N) is 2. The van der Waals surface area contributed by atoms with Crippen LogP contribution in [-0.2, 0) is 0 Å². The lowest BCUT2D eigenvalue weighted by atomic mass is 10.0. The maximum atomic E-state index is 12.8. The summed E-state index contributed by atoms with van der Waals surface area (Å²) >= 11 is 0. The molecule has 6 N–H and O–H groups in total. The lowest BCUT2D eigenvalue weighted by Gasteiger charge is -2.12. The third-order valence-electron chi connectivity index (χ3n) is 5.04. The zero-order chi connectivity index (χ0) is 22.5. The summed E-state index contributed by atoms with van der Waals surface area (Å²) in [6, 6.07) is 18.2. The van der Waals surface area contributed by atoms with E-state index >= 15 is 0 Å². The van der Waals surface area contributed by atoms with Gasteiger partial charge < -0.3 is 22.1 Å². The van der Waals surface area contributed by atoms with Crippen molar-refractivity contribution in [2.24, 2.45) is 11.5 Å². The Hall–Kier alpha value is -3.88. The molecule has 8 heteroatoms. The van der Waals surface area contributed by atoms with E-state index in [1.54, 1.807) is 12.1 Å². The van der Waals surface area contributed by atoms with Gasteiger partial charge in [0.1, 0.15) is 0 Å². The summed E-state index contributed by atoms with van der Waals surface area (Å²) in [5, 5.41) is 7.09. The van der Waals surface area contributed by atoms with Crippen molar-refractivity contribution in [3.63, 3.8) is 0 Å². The fraction of sp³-hybridized carbons (Fsp3) is 0.167. The van der Waals surface area contributed by atoms with Crippen LogP contribution < -0.4 is 22.1 Å². The minimum Gasteiger partial charge on any atom is -0.351 e. The number of carbonyl (C=O) groups is 2. The van der Waals surface area contributed by atoms with E-state index in [-0.39, 0.29) is 11.8 Å². The van der Waals surface area contributed by atoms with Crippen LogP contribution in [0.5, 0.6) is 0 Å². The number of benzene rings is 2. The van der Waals surface area contributed by atoms with Crippen molar-refractivity contribution in [3.05, 3.63) is 71.8 Å². The first kappa shape index (κ1) is 21.4. The van der Waals surface area contributed by atoms with Gasteiger partial charge in [-0.25, -0.2) is 9.97 Å². The van der Waals surface area contributed by atoms with Crippen molar-refractivity contribution in [3.8, 4) is 11.4 Å². The average molecular weight is 428 g/mol. The monoisotopic (exact) mass is 428 g/mol. The van der Waals surface area contributed by atoms with Crippen LogP contribution in [0.4, 0.5) is 0 Å². The van der Waals surface area contributed by atoms with Crippen molar-refractivity contribution < 1.29 is 9.59 Å². The summed E-state index contributed by atoms with van der Waals surface area (Å²) in [4.78, 5) is 35.1. The first-order valence-electron chi connectivity index (χ1n) is 10.4. The molecule has 162 valence electrons. The van der Waals surface area contributed by atoms with Gasteiger partial charge in [0.15, 0.2) is 0 Å². The van der Waals surface area contributed by atoms with E-state index in [9.17, 15) is 9.59 Å². The van der Waals surface area contributed by atoms with Crippen LogP contribution in [-0.4, -0.2) is 48.0 Å². The predicted octanol–water partition coefficient (Wildman–Crippen LogP) is 1.83. The van der Waals surface area contributed by atoms with Gasteiger partial charge in [0.05, 0.1) is 33.5 Å². The molecule has 0 spiro atoms. The minimum atomic E-state index is -0.239. The normalized spacial score (nSPS) is 10.9. The summed E-state index contributed by atoms with van der Waals surface area (Å²) in [7, 11) is 0. The summed E-state index contributed by atoms with van der Waals surface area (Å²) < 4.78 is 0. The Morgan fingerprint density at radius 1 is 0.688 bits per heavy atom. The van der Waals surface area contributed by atoms with Crippen molar-refractivity contribution >= 4 is 33.6 Å². The second-order valence-electron chi connectivity index (χ2n) is 7.23. The molecule has 0 unspecified atom stereocenters. The van der Waals surface area contributed by atoms with E-state index < -0.39 is 0 Å². The zero-order valence-corrected chi connectivity index (χ0v) is 17.5. The third-order valence-corrected chi connectivity index (χ3v) is 5.04. The van der Waals surface area contributed by atoms with Crippen LogP contribution in [0.3, 0.4) is 0 Å². The topological polar surface area (TPSA) is 136 Å².